The van der Waals surface area contributed by atoms with Crippen molar-refractivity contribution in [2.24, 2.45) is 10.2 Å². The van der Waals surface area contributed by atoms with Crippen LogP contribution in [0.2, 0.25) is 0 Å². The minimum absolute atomic E-state index is 0.0613. The molecule has 0 aliphatic rings. The van der Waals surface area contributed by atoms with Gasteiger partial charge in [-0.3, -0.25) is 10.1 Å². The minimum atomic E-state index is -4.45. The number of alkyl halides is 3. The maximum atomic E-state index is 12.7. The van der Waals surface area contributed by atoms with Crippen LogP contribution < -0.4 is 10.1 Å². The number of hydrogen-bond donors (Lipinski definition) is 1. The number of carbonyl (C=O) groups is 1. The molecule has 3 rings (SSSR count). The molecule has 0 atom stereocenters. The van der Waals surface area contributed by atoms with Crippen LogP contribution in [0.5, 0.6) is 5.75 Å². The maximum Gasteiger partial charge on any atom is 0.416 e. The van der Waals surface area contributed by atoms with Gasteiger partial charge in [0.1, 0.15) is 5.75 Å². The van der Waals surface area contributed by atoms with Gasteiger partial charge in [0.05, 0.1) is 24.6 Å². The number of azo groups is 1. The number of amides is 1. The third-order valence-corrected chi connectivity index (χ3v) is 4.50. The van der Waals surface area contributed by atoms with Gasteiger partial charge in [0.2, 0.25) is 5.91 Å². The number of hydrogen-bond acceptors (Lipinski definition) is 6. The van der Waals surface area contributed by atoms with Gasteiger partial charge in [-0.1, -0.05) is 29.5 Å². The molecule has 0 unspecified atom stereocenters. The van der Waals surface area contributed by atoms with Gasteiger partial charge < -0.3 is 4.74 Å². The number of benzene rings is 2. The van der Waals surface area contributed by atoms with Crippen molar-refractivity contribution in [1.29, 1.82) is 0 Å². The van der Waals surface area contributed by atoms with Crippen molar-refractivity contribution < 1.29 is 22.7 Å². The van der Waals surface area contributed by atoms with Gasteiger partial charge in [-0.15, -0.1) is 10.2 Å². The van der Waals surface area contributed by atoms with Gasteiger partial charge in [-0.2, -0.15) is 13.2 Å². The number of halogens is 3. The lowest BCUT2D eigenvalue weighted by atomic mass is 10.2. The second-order valence-corrected chi connectivity index (χ2v) is 6.86. The maximum absolute atomic E-state index is 12.7. The molecule has 0 saturated carbocycles. The smallest absolute Gasteiger partial charge is 0.416 e. The molecule has 3 aromatic rings. The van der Waals surface area contributed by atoms with E-state index in [-0.39, 0.29) is 16.7 Å². The topological polar surface area (TPSA) is 75.9 Å². The summed E-state index contributed by atoms with van der Waals surface area (Å²) in [6.45, 7) is 0. The zero-order chi connectivity index (χ0) is 21.6. The molecule has 30 heavy (non-hydrogen) atoms. The number of methoxy groups -OCH3 is 1. The van der Waals surface area contributed by atoms with Crippen molar-refractivity contribution in [3.05, 3.63) is 71.9 Å². The fourth-order valence-corrected chi connectivity index (χ4v) is 2.90. The number of ether oxygens (including phenoxy) is 1. The van der Waals surface area contributed by atoms with E-state index in [9.17, 15) is 18.0 Å². The Morgan fingerprint density at radius 3 is 2.63 bits per heavy atom. The van der Waals surface area contributed by atoms with Crippen LogP contribution in [0.1, 0.15) is 11.1 Å². The average molecular weight is 432 g/mol. The summed E-state index contributed by atoms with van der Waals surface area (Å²) in [6, 6.07) is 11.7. The number of nitrogens with one attached hydrogen (secondary N) is 1. The van der Waals surface area contributed by atoms with Crippen LogP contribution in [-0.4, -0.2) is 18.0 Å². The predicted molar refractivity (Wildman–Crippen MR) is 108 cm³/mol. The highest BCUT2D eigenvalue weighted by molar-refractivity contribution is 7.19. The molecule has 2 aromatic carbocycles. The summed E-state index contributed by atoms with van der Waals surface area (Å²) in [5.74, 6) is 0.327. The molecule has 10 heteroatoms. The normalized spacial score (nSPS) is 11.9. The molecule has 1 N–H and O–H groups in total. The second kappa shape index (κ2) is 9.31. The van der Waals surface area contributed by atoms with Crippen molar-refractivity contribution >= 4 is 39.1 Å². The molecule has 0 aliphatic carbocycles. The highest BCUT2D eigenvalue weighted by Crippen LogP contribution is 2.32. The standard InChI is InChI=1S/C20H15F3N4O2S/c1-29-16-8-5-13(6-9-16)7-10-17(28)25-19-24-12-18(30-19)27-26-15-4-2-3-14(11-15)20(21,22)23/h2-12H,1H3,(H,24,25,28). The van der Waals surface area contributed by atoms with Crippen LogP contribution in [-0.2, 0) is 11.0 Å². The minimum Gasteiger partial charge on any atom is -0.497 e. The Morgan fingerprint density at radius 1 is 1.17 bits per heavy atom. The summed E-state index contributed by atoms with van der Waals surface area (Å²) >= 11 is 1.04. The molecule has 1 heterocycles. The van der Waals surface area contributed by atoms with Gasteiger partial charge in [0, 0.05) is 6.08 Å². The quantitative estimate of drug-likeness (QED) is 0.370. The fourth-order valence-electron chi connectivity index (χ4n) is 2.26. The van der Waals surface area contributed by atoms with Gasteiger partial charge in [-0.25, -0.2) is 4.98 Å². The number of nitrogens with zero attached hydrogens (tertiary/aromatic N) is 3. The molecule has 0 radical (unpaired) electrons. The Balaban J connectivity index is 1.60. The van der Waals surface area contributed by atoms with Gasteiger partial charge >= 0.3 is 6.18 Å². The van der Waals surface area contributed by atoms with Crippen LogP contribution in [0.15, 0.2) is 71.0 Å². The van der Waals surface area contributed by atoms with E-state index in [2.05, 4.69) is 20.5 Å². The van der Waals surface area contributed by atoms with E-state index < -0.39 is 11.7 Å². The zero-order valence-corrected chi connectivity index (χ0v) is 16.4. The summed E-state index contributed by atoms with van der Waals surface area (Å²) in [6.07, 6.45) is -0.0962. The van der Waals surface area contributed by atoms with Gasteiger partial charge in [-0.05, 0) is 42.0 Å². The highest BCUT2D eigenvalue weighted by atomic mass is 32.1. The van der Waals surface area contributed by atoms with Crippen LogP contribution in [0.25, 0.3) is 6.08 Å². The lowest BCUT2D eigenvalue weighted by molar-refractivity contribution is -0.137. The Hall–Kier alpha value is -3.53. The summed E-state index contributed by atoms with van der Waals surface area (Å²) in [4.78, 5) is 16.0. The summed E-state index contributed by atoms with van der Waals surface area (Å²) in [7, 11) is 1.57. The molecule has 0 saturated heterocycles. The molecule has 0 aliphatic heterocycles. The first-order valence-electron chi connectivity index (χ1n) is 8.51. The predicted octanol–water partition coefficient (Wildman–Crippen LogP) is 6.24. The van der Waals surface area contributed by atoms with E-state index >= 15 is 0 Å². The Bertz CT molecular complexity index is 1080. The third-order valence-electron chi connectivity index (χ3n) is 3.70. The monoisotopic (exact) mass is 432 g/mol. The Kier molecular flexibility index (Phi) is 6.58. The van der Waals surface area contributed by atoms with Crippen molar-refractivity contribution in [2.75, 3.05) is 12.4 Å². The first kappa shape index (κ1) is 21.2. The first-order valence-corrected chi connectivity index (χ1v) is 9.33. The molecular formula is C20H15F3N4O2S. The SMILES string of the molecule is COc1ccc(C=CC(=O)Nc2ncc(N=Nc3cccc(C(F)(F)F)c3)s2)cc1. The Labute approximate surface area is 173 Å². The third kappa shape index (κ3) is 5.98. The lowest BCUT2D eigenvalue weighted by Crippen LogP contribution is -2.06. The van der Waals surface area contributed by atoms with Gasteiger partial charge in [0.25, 0.3) is 0 Å². The van der Waals surface area contributed by atoms with Crippen molar-refractivity contribution in [1.82, 2.24) is 4.98 Å². The van der Waals surface area contributed by atoms with Crippen LogP contribution in [0.4, 0.5) is 29.0 Å². The van der Waals surface area contributed by atoms with Crippen LogP contribution in [0.3, 0.4) is 0 Å². The fraction of sp³-hybridized carbons (Fsp3) is 0.100. The molecule has 0 spiro atoms. The van der Waals surface area contributed by atoms with E-state index in [1.807, 2.05) is 0 Å². The van der Waals surface area contributed by atoms with E-state index in [4.69, 9.17) is 4.74 Å². The van der Waals surface area contributed by atoms with Crippen molar-refractivity contribution in [3.63, 3.8) is 0 Å². The van der Waals surface area contributed by atoms with E-state index in [1.54, 1.807) is 37.5 Å². The van der Waals surface area contributed by atoms with Crippen molar-refractivity contribution in [3.8, 4) is 5.75 Å². The van der Waals surface area contributed by atoms with E-state index in [0.29, 0.717) is 10.8 Å². The molecule has 1 amide bonds. The highest BCUT2D eigenvalue weighted by Gasteiger charge is 2.30. The summed E-state index contributed by atoms with van der Waals surface area (Å²) < 4.78 is 43.3. The molecule has 1 aromatic heterocycles. The lowest BCUT2D eigenvalue weighted by Gasteiger charge is -2.05. The molecule has 0 bridgehead atoms. The van der Waals surface area contributed by atoms with Crippen molar-refractivity contribution in [2.45, 2.75) is 6.18 Å². The van der Waals surface area contributed by atoms with Crippen LogP contribution in [0, 0.1) is 0 Å². The van der Waals surface area contributed by atoms with E-state index in [0.717, 1.165) is 29.0 Å². The average Bonchev–Trinajstić information content (AvgIpc) is 3.18. The molecule has 0 fully saturated rings. The van der Waals surface area contributed by atoms with E-state index in [1.165, 1.54) is 24.4 Å². The van der Waals surface area contributed by atoms with Gasteiger partial charge in [0.15, 0.2) is 10.1 Å². The molecular weight excluding hydrogens is 417 g/mol. The summed E-state index contributed by atoms with van der Waals surface area (Å²) in [5, 5.41) is 10.9. The first-order chi connectivity index (χ1) is 14.3. The number of rotatable bonds is 6. The Morgan fingerprint density at radius 2 is 1.93 bits per heavy atom. The second-order valence-electron chi connectivity index (χ2n) is 5.85. The van der Waals surface area contributed by atoms with Crippen LogP contribution >= 0.6 is 11.3 Å². The zero-order valence-electron chi connectivity index (χ0n) is 15.6. The summed E-state index contributed by atoms with van der Waals surface area (Å²) in [5.41, 5.74) is 0.0757. The number of anilines is 1. The molecule has 6 nitrogen and oxygen atoms in total. The molecule has 154 valence electrons. The number of carbonyl (C=O) groups excluding carboxylic acids is 1. The number of thiazole rings is 1. The largest absolute Gasteiger partial charge is 0.497 e. The number of aromatic nitrogens is 1.